The van der Waals surface area contributed by atoms with Crippen molar-refractivity contribution in [1.82, 2.24) is 0 Å². The second kappa shape index (κ2) is 6.70. The number of hydrogen-bond donors (Lipinski definition) is 1. The molecule has 2 aromatic carbocycles. The molecular formula is C22H20N2O5S. The number of sulfonamides is 1. The van der Waals surface area contributed by atoms with E-state index in [0.29, 0.717) is 17.1 Å². The molecule has 0 unspecified atom stereocenters. The summed E-state index contributed by atoms with van der Waals surface area (Å²) in [6, 6.07) is 12.4. The van der Waals surface area contributed by atoms with Gasteiger partial charge >= 0.3 is 0 Å². The van der Waals surface area contributed by atoms with E-state index in [-0.39, 0.29) is 40.4 Å². The van der Waals surface area contributed by atoms with Crippen LogP contribution in [-0.4, -0.2) is 27.3 Å². The zero-order valence-electron chi connectivity index (χ0n) is 16.2. The average molecular weight is 424 g/mol. The van der Waals surface area contributed by atoms with E-state index in [1.807, 2.05) is 12.2 Å². The molecule has 1 heterocycles. The number of methoxy groups -OCH3 is 1. The van der Waals surface area contributed by atoms with Crippen molar-refractivity contribution in [3.63, 3.8) is 0 Å². The summed E-state index contributed by atoms with van der Waals surface area (Å²) in [6.45, 7) is 0. The molecule has 2 bridgehead atoms. The van der Waals surface area contributed by atoms with E-state index < -0.39 is 10.0 Å². The molecule has 154 valence electrons. The van der Waals surface area contributed by atoms with Gasteiger partial charge in [-0.15, -0.1) is 0 Å². The van der Waals surface area contributed by atoms with Crippen molar-refractivity contribution in [2.75, 3.05) is 16.7 Å². The Morgan fingerprint density at radius 2 is 1.60 bits per heavy atom. The van der Waals surface area contributed by atoms with Crippen LogP contribution in [0.3, 0.4) is 0 Å². The fourth-order valence-corrected chi connectivity index (χ4v) is 5.88. The smallest absolute Gasteiger partial charge is 0.261 e. The zero-order chi connectivity index (χ0) is 21.0. The van der Waals surface area contributed by atoms with Crippen molar-refractivity contribution in [2.45, 2.75) is 11.3 Å². The van der Waals surface area contributed by atoms with Crippen LogP contribution in [0.5, 0.6) is 5.75 Å². The predicted molar refractivity (Wildman–Crippen MR) is 110 cm³/mol. The van der Waals surface area contributed by atoms with E-state index in [2.05, 4.69) is 4.72 Å². The predicted octanol–water partition coefficient (Wildman–Crippen LogP) is 2.81. The van der Waals surface area contributed by atoms with Gasteiger partial charge in [-0.1, -0.05) is 18.2 Å². The summed E-state index contributed by atoms with van der Waals surface area (Å²) in [7, 11) is -2.33. The second-order valence-electron chi connectivity index (χ2n) is 7.84. The first-order valence-electron chi connectivity index (χ1n) is 9.72. The quantitative estimate of drug-likeness (QED) is 0.589. The van der Waals surface area contributed by atoms with Gasteiger partial charge in [0.25, 0.3) is 10.0 Å². The van der Waals surface area contributed by atoms with Gasteiger partial charge in [0.2, 0.25) is 11.8 Å². The molecule has 1 saturated carbocycles. The van der Waals surface area contributed by atoms with E-state index >= 15 is 0 Å². The minimum atomic E-state index is -3.83. The van der Waals surface area contributed by atoms with Crippen molar-refractivity contribution < 1.29 is 22.7 Å². The Morgan fingerprint density at radius 1 is 0.967 bits per heavy atom. The van der Waals surface area contributed by atoms with Gasteiger partial charge in [-0.05, 0) is 54.7 Å². The number of rotatable bonds is 5. The molecule has 1 aliphatic heterocycles. The number of imide groups is 1. The number of anilines is 2. The van der Waals surface area contributed by atoms with E-state index in [9.17, 15) is 18.0 Å². The fourth-order valence-electron chi connectivity index (χ4n) is 4.83. The van der Waals surface area contributed by atoms with Crippen molar-refractivity contribution in [1.29, 1.82) is 0 Å². The SMILES string of the molecule is COc1cccc(NS(=O)(=O)c2ccc(N3C(=O)[C@@H]4[C@H](C3=O)[C@H]3C=C[C@H]4C3)cc2)c1. The largest absolute Gasteiger partial charge is 0.497 e. The van der Waals surface area contributed by atoms with Crippen LogP contribution in [0, 0.1) is 23.7 Å². The summed E-state index contributed by atoms with van der Waals surface area (Å²) in [6.07, 6.45) is 4.95. The Balaban J connectivity index is 1.38. The van der Waals surface area contributed by atoms with Crippen molar-refractivity contribution in [2.24, 2.45) is 23.7 Å². The van der Waals surface area contributed by atoms with Crippen LogP contribution in [-0.2, 0) is 19.6 Å². The third kappa shape index (κ3) is 2.82. The molecule has 3 aliphatic rings. The summed E-state index contributed by atoms with van der Waals surface area (Å²) >= 11 is 0. The maximum absolute atomic E-state index is 12.9. The molecule has 8 heteroatoms. The molecule has 1 N–H and O–H groups in total. The standard InChI is InChI=1S/C22H20N2O5S/c1-29-17-4-2-3-15(12-17)23-30(27,28)18-9-7-16(8-10-18)24-21(25)19-13-5-6-14(11-13)20(19)22(24)26/h2-10,12-14,19-20,23H,11H2,1H3/t13-,14-,19-,20+/m0/s1. The van der Waals surface area contributed by atoms with E-state index in [1.165, 1.54) is 36.3 Å². The molecule has 2 aromatic rings. The van der Waals surface area contributed by atoms with Crippen LogP contribution in [0.4, 0.5) is 11.4 Å². The van der Waals surface area contributed by atoms with Gasteiger partial charge in [0.15, 0.2) is 0 Å². The van der Waals surface area contributed by atoms with Gasteiger partial charge in [-0.25, -0.2) is 8.42 Å². The Morgan fingerprint density at radius 3 is 2.20 bits per heavy atom. The lowest BCUT2D eigenvalue weighted by Crippen LogP contribution is -2.32. The van der Waals surface area contributed by atoms with E-state index in [4.69, 9.17) is 4.74 Å². The topological polar surface area (TPSA) is 92.8 Å². The first kappa shape index (κ1) is 18.9. The number of benzene rings is 2. The van der Waals surface area contributed by atoms with Gasteiger partial charge in [0.1, 0.15) is 5.75 Å². The van der Waals surface area contributed by atoms with Gasteiger partial charge < -0.3 is 4.74 Å². The molecule has 4 atom stereocenters. The van der Waals surface area contributed by atoms with Crippen molar-refractivity contribution >= 4 is 33.2 Å². The molecule has 2 aliphatic carbocycles. The minimum Gasteiger partial charge on any atom is -0.497 e. The fraction of sp³-hybridized carbons (Fsp3) is 0.273. The number of nitrogens with zero attached hydrogens (tertiary/aromatic N) is 1. The lowest BCUT2D eigenvalue weighted by atomic mass is 9.85. The third-order valence-corrected chi connectivity index (χ3v) is 7.59. The van der Waals surface area contributed by atoms with Crippen LogP contribution >= 0.6 is 0 Å². The lowest BCUT2D eigenvalue weighted by Gasteiger charge is -2.17. The van der Waals surface area contributed by atoms with Crippen molar-refractivity contribution in [3.05, 3.63) is 60.7 Å². The number of carbonyl (C=O) groups excluding carboxylic acids is 2. The van der Waals surface area contributed by atoms with Gasteiger partial charge in [-0.2, -0.15) is 0 Å². The third-order valence-electron chi connectivity index (χ3n) is 6.20. The first-order valence-corrected chi connectivity index (χ1v) is 11.2. The highest BCUT2D eigenvalue weighted by Gasteiger charge is 2.59. The van der Waals surface area contributed by atoms with Crippen LogP contribution in [0.1, 0.15) is 6.42 Å². The Bertz CT molecular complexity index is 1140. The number of ether oxygens (including phenoxy) is 1. The molecule has 30 heavy (non-hydrogen) atoms. The number of carbonyl (C=O) groups is 2. The molecule has 2 fully saturated rings. The van der Waals surface area contributed by atoms with Crippen molar-refractivity contribution in [3.8, 4) is 5.75 Å². The van der Waals surface area contributed by atoms with Crippen LogP contribution in [0.2, 0.25) is 0 Å². The van der Waals surface area contributed by atoms with E-state index in [1.54, 1.807) is 24.3 Å². The summed E-state index contributed by atoms with van der Waals surface area (Å²) < 4.78 is 33.0. The Kier molecular flexibility index (Phi) is 4.21. The molecule has 7 nitrogen and oxygen atoms in total. The number of hydrogen-bond acceptors (Lipinski definition) is 5. The molecule has 5 rings (SSSR count). The number of allylic oxidation sites excluding steroid dienone is 2. The number of nitrogens with one attached hydrogen (secondary N) is 1. The highest BCUT2D eigenvalue weighted by atomic mass is 32.2. The highest BCUT2D eigenvalue weighted by Crippen LogP contribution is 2.53. The zero-order valence-corrected chi connectivity index (χ0v) is 17.0. The summed E-state index contributed by atoms with van der Waals surface area (Å²) in [4.78, 5) is 27.1. The molecule has 0 spiro atoms. The summed E-state index contributed by atoms with van der Waals surface area (Å²) in [5, 5.41) is 0. The summed E-state index contributed by atoms with van der Waals surface area (Å²) in [5.74, 6) is -0.151. The molecule has 0 aromatic heterocycles. The van der Waals surface area contributed by atoms with Crippen LogP contribution in [0.25, 0.3) is 0 Å². The molecule has 2 amide bonds. The summed E-state index contributed by atoms with van der Waals surface area (Å²) in [5.41, 5.74) is 0.776. The van der Waals surface area contributed by atoms with Crippen LogP contribution in [0.15, 0.2) is 65.6 Å². The first-order chi connectivity index (χ1) is 14.4. The monoisotopic (exact) mass is 424 g/mol. The van der Waals surface area contributed by atoms with Gasteiger partial charge in [-0.3, -0.25) is 19.2 Å². The lowest BCUT2D eigenvalue weighted by molar-refractivity contribution is -0.123. The Labute approximate surface area is 174 Å². The second-order valence-corrected chi connectivity index (χ2v) is 9.53. The van der Waals surface area contributed by atoms with Crippen LogP contribution < -0.4 is 14.4 Å². The average Bonchev–Trinajstić information content (AvgIpc) is 3.42. The molecular weight excluding hydrogens is 404 g/mol. The maximum Gasteiger partial charge on any atom is 0.261 e. The van der Waals surface area contributed by atoms with Gasteiger partial charge in [0.05, 0.1) is 35.2 Å². The van der Waals surface area contributed by atoms with Gasteiger partial charge in [0, 0.05) is 6.07 Å². The highest BCUT2D eigenvalue weighted by molar-refractivity contribution is 7.92. The van der Waals surface area contributed by atoms with E-state index in [0.717, 1.165) is 6.42 Å². The molecule has 1 saturated heterocycles. The number of amides is 2. The molecule has 0 radical (unpaired) electrons. The minimum absolute atomic E-state index is 0.0371. The Hall–Kier alpha value is -3.13. The maximum atomic E-state index is 12.9. The number of fused-ring (bicyclic) bond motifs is 5. The normalized spacial score (nSPS) is 26.9.